The van der Waals surface area contributed by atoms with Crippen LogP contribution in [-0.2, 0) is 14.8 Å². The summed E-state index contributed by atoms with van der Waals surface area (Å²) in [7, 11) is -4.36. The molecule has 1 saturated heterocycles. The number of hydrogen-bond donors (Lipinski definition) is 1. The first kappa shape index (κ1) is 16.8. The molecular formula is C14H15FN2O6S. The number of carboxylic acids is 1. The Morgan fingerprint density at radius 2 is 2.17 bits per heavy atom. The van der Waals surface area contributed by atoms with Crippen molar-refractivity contribution in [1.29, 1.82) is 0 Å². The monoisotopic (exact) mass is 358 g/mol. The lowest BCUT2D eigenvalue weighted by molar-refractivity contribution is -0.390. The molecule has 1 aliphatic carbocycles. The van der Waals surface area contributed by atoms with Crippen LogP contribution in [-0.4, -0.2) is 41.8 Å². The van der Waals surface area contributed by atoms with Crippen LogP contribution in [0.3, 0.4) is 0 Å². The molecule has 8 nitrogen and oxygen atoms in total. The van der Waals surface area contributed by atoms with Gasteiger partial charge in [0.25, 0.3) is 0 Å². The van der Waals surface area contributed by atoms with E-state index in [0.29, 0.717) is 19.3 Å². The maximum atomic E-state index is 13.7. The van der Waals surface area contributed by atoms with Crippen LogP contribution in [0.2, 0.25) is 0 Å². The van der Waals surface area contributed by atoms with Crippen molar-refractivity contribution in [3.05, 3.63) is 34.1 Å². The van der Waals surface area contributed by atoms with Crippen LogP contribution in [0.15, 0.2) is 23.1 Å². The van der Waals surface area contributed by atoms with Crippen LogP contribution in [0.4, 0.5) is 10.1 Å². The highest BCUT2D eigenvalue weighted by molar-refractivity contribution is 7.89. The Morgan fingerprint density at radius 1 is 1.46 bits per heavy atom. The average Bonchev–Trinajstić information content (AvgIpc) is 3.04. The van der Waals surface area contributed by atoms with E-state index in [1.54, 1.807) is 0 Å². The molecule has 1 aliphatic heterocycles. The number of nitrogens with zero attached hydrogens (tertiary/aromatic N) is 2. The van der Waals surface area contributed by atoms with Gasteiger partial charge in [-0.15, -0.1) is 0 Å². The fraction of sp³-hybridized carbons (Fsp3) is 0.500. The zero-order valence-electron chi connectivity index (χ0n) is 12.5. The first-order valence-corrected chi connectivity index (χ1v) is 8.80. The van der Waals surface area contributed by atoms with Gasteiger partial charge in [0.1, 0.15) is 0 Å². The molecule has 0 aromatic heterocycles. The number of sulfonamides is 1. The minimum absolute atomic E-state index is 0.0255. The van der Waals surface area contributed by atoms with Crippen LogP contribution >= 0.6 is 0 Å². The average molecular weight is 358 g/mol. The van der Waals surface area contributed by atoms with E-state index in [4.69, 9.17) is 0 Å². The lowest BCUT2D eigenvalue weighted by atomic mass is 9.81. The second kappa shape index (κ2) is 5.49. The number of halogens is 1. The highest BCUT2D eigenvalue weighted by Crippen LogP contribution is 2.50. The van der Waals surface area contributed by atoms with Gasteiger partial charge in [-0.25, -0.2) is 8.42 Å². The van der Waals surface area contributed by atoms with Crippen LogP contribution in [0.1, 0.15) is 19.3 Å². The molecule has 0 spiro atoms. The number of para-hydroxylation sites is 1. The van der Waals surface area contributed by atoms with Crippen molar-refractivity contribution in [3.8, 4) is 0 Å². The summed E-state index contributed by atoms with van der Waals surface area (Å²) < 4.78 is 40.2. The molecule has 0 radical (unpaired) electrons. The Balaban J connectivity index is 2.04. The van der Waals surface area contributed by atoms with Gasteiger partial charge in [-0.05, 0) is 30.9 Å². The van der Waals surface area contributed by atoms with Gasteiger partial charge in [-0.2, -0.15) is 8.70 Å². The van der Waals surface area contributed by atoms with Gasteiger partial charge < -0.3 is 5.11 Å². The van der Waals surface area contributed by atoms with Gasteiger partial charge in [-0.1, -0.05) is 12.5 Å². The summed E-state index contributed by atoms with van der Waals surface area (Å²) in [6.45, 7) is -0.273. The van der Waals surface area contributed by atoms with E-state index in [-0.39, 0.29) is 19.0 Å². The molecule has 2 aliphatic rings. The summed E-state index contributed by atoms with van der Waals surface area (Å²) in [6.07, 6.45) is 1.65. The third-order valence-electron chi connectivity index (χ3n) is 5.02. The maximum absolute atomic E-state index is 13.7. The van der Waals surface area contributed by atoms with Crippen LogP contribution in [0.25, 0.3) is 0 Å². The third kappa shape index (κ3) is 2.28. The van der Waals surface area contributed by atoms with Gasteiger partial charge in [0.2, 0.25) is 15.8 Å². The molecule has 1 aromatic rings. The van der Waals surface area contributed by atoms with Crippen molar-refractivity contribution in [2.75, 3.05) is 13.1 Å². The first-order chi connectivity index (χ1) is 11.2. The van der Waals surface area contributed by atoms with Crippen LogP contribution < -0.4 is 0 Å². The topological polar surface area (TPSA) is 118 Å². The number of nitro groups is 1. The van der Waals surface area contributed by atoms with Crippen LogP contribution in [0.5, 0.6) is 0 Å². The molecule has 0 unspecified atom stereocenters. The van der Waals surface area contributed by atoms with Gasteiger partial charge in [0.15, 0.2) is 4.90 Å². The van der Waals surface area contributed by atoms with Crippen molar-refractivity contribution >= 4 is 21.7 Å². The number of hydrogen-bond acceptors (Lipinski definition) is 5. The molecule has 3 rings (SSSR count). The number of carbonyl (C=O) groups is 1. The summed E-state index contributed by atoms with van der Waals surface area (Å²) in [5, 5.41) is 20.6. The van der Waals surface area contributed by atoms with Gasteiger partial charge in [0, 0.05) is 13.1 Å². The van der Waals surface area contributed by atoms with E-state index in [9.17, 15) is 32.8 Å². The zero-order chi connectivity index (χ0) is 17.7. The van der Waals surface area contributed by atoms with E-state index < -0.39 is 42.7 Å². The molecule has 0 bridgehead atoms. The van der Waals surface area contributed by atoms with E-state index >= 15 is 0 Å². The van der Waals surface area contributed by atoms with Crippen molar-refractivity contribution in [2.24, 2.45) is 11.3 Å². The lowest BCUT2D eigenvalue weighted by Crippen LogP contribution is -2.37. The number of benzene rings is 1. The second-order valence-corrected chi connectivity index (χ2v) is 8.10. The normalized spacial score (nSPS) is 27.1. The Hall–Kier alpha value is -2.07. The van der Waals surface area contributed by atoms with E-state index in [2.05, 4.69) is 0 Å². The summed E-state index contributed by atoms with van der Waals surface area (Å²) in [5.41, 5.74) is -2.27. The predicted molar refractivity (Wildman–Crippen MR) is 79.2 cm³/mol. The second-order valence-electron chi connectivity index (χ2n) is 6.19. The summed E-state index contributed by atoms with van der Waals surface area (Å²) in [4.78, 5) is 20.9. The number of carboxylic acid groups (broad SMARTS) is 1. The number of rotatable bonds is 4. The van der Waals surface area contributed by atoms with E-state index in [0.717, 1.165) is 22.5 Å². The molecular weight excluding hydrogens is 343 g/mol. The molecule has 10 heteroatoms. The third-order valence-corrected chi connectivity index (χ3v) is 6.86. The first-order valence-electron chi connectivity index (χ1n) is 7.36. The van der Waals surface area contributed by atoms with E-state index in [1.165, 1.54) is 0 Å². The minimum Gasteiger partial charge on any atom is -0.481 e. The summed E-state index contributed by atoms with van der Waals surface area (Å²) >= 11 is 0. The van der Waals surface area contributed by atoms with Gasteiger partial charge in [0.05, 0.1) is 10.3 Å². The molecule has 130 valence electrons. The summed E-state index contributed by atoms with van der Waals surface area (Å²) in [6, 6.07) is 2.87. The molecule has 1 heterocycles. The van der Waals surface area contributed by atoms with Crippen LogP contribution in [0, 0.1) is 27.3 Å². The highest BCUT2D eigenvalue weighted by Gasteiger charge is 2.57. The molecule has 0 amide bonds. The van der Waals surface area contributed by atoms with Crippen molar-refractivity contribution in [1.82, 2.24) is 4.31 Å². The summed E-state index contributed by atoms with van der Waals surface area (Å²) in [5.74, 6) is -2.64. The van der Waals surface area contributed by atoms with Crippen molar-refractivity contribution in [3.63, 3.8) is 0 Å². The molecule has 1 saturated carbocycles. The fourth-order valence-electron chi connectivity index (χ4n) is 3.80. The van der Waals surface area contributed by atoms with Crippen molar-refractivity contribution in [2.45, 2.75) is 24.2 Å². The zero-order valence-corrected chi connectivity index (χ0v) is 13.3. The smallest absolute Gasteiger partial charge is 0.324 e. The molecule has 1 N–H and O–H groups in total. The largest absolute Gasteiger partial charge is 0.481 e. The predicted octanol–water partition coefficient (Wildman–Crippen LogP) is 1.61. The molecule has 2 atom stereocenters. The Kier molecular flexibility index (Phi) is 3.83. The Labute approximate surface area is 137 Å². The van der Waals surface area contributed by atoms with E-state index in [1.807, 2.05) is 0 Å². The minimum atomic E-state index is -4.36. The fourth-order valence-corrected chi connectivity index (χ4v) is 5.52. The van der Waals surface area contributed by atoms with Gasteiger partial charge in [-0.3, -0.25) is 14.9 Å². The Bertz CT molecular complexity index is 827. The SMILES string of the molecule is O=C(O)[C@@]12CCC[C@H]1CN(S(=O)(=O)c1cccc(F)c1[N+](=O)[O-])C2. The molecule has 2 fully saturated rings. The van der Waals surface area contributed by atoms with Crippen molar-refractivity contribution < 1.29 is 27.6 Å². The number of aliphatic carboxylic acids is 1. The van der Waals surface area contributed by atoms with Gasteiger partial charge >= 0.3 is 11.7 Å². The standard InChI is InChI=1S/C14H15FN2O6S/c15-10-4-1-5-11(12(10)17(20)21)24(22,23)16-7-9-3-2-6-14(9,8-16)13(18)19/h1,4-5,9H,2-3,6-8H2,(H,18,19)/t9-,14+/m0/s1. The highest BCUT2D eigenvalue weighted by atomic mass is 32.2. The maximum Gasteiger partial charge on any atom is 0.324 e. The number of fused-ring (bicyclic) bond motifs is 1. The quantitative estimate of drug-likeness (QED) is 0.645. The molecule has 1 aromatic carbocycles. The lowest BCUT2D eigenvalue weighted by Gasteiger charge is -2.23. The Morgan fingerprint density at radius 3 is 2.75 bits per heavy atom. The number of nitro benzene ring substituents is 1. The molecule has 24 heavy (non-hydrogen) atoms.